The monoisotopic (exact) mass is 679 g/mol. The number of methoxy groups -OCH3 is 1. The van der Waals surface area contributed by atoms with E-state index in [1.807, 2.05) is 45.0 Å². The van der Waals surface area contributed by atoms with Crippen LogP contribution in [-0.2, 0) is 21.4 Å². The quantitative estimate of drug-likeness (QED) is 0.130. The van der Waals surface area contributed by atoms with Gasteiger partial charge in [0.1, 0.15) is 18.9 Å². The molecule has 0 fully saturated rings. The van der Waals surface area contributed by atoms with Gasteiger partial charge in [-0.05, 0) is 96.4 Å². The third-order valence-electron chi connectivity index (χ3n) is 6.49. The van der Waals surface area contributed by atoms with Crippen LogP contribution in [0.1, 0.15) is 29.2 Å². The Kier molecular flexibility index (Phi) is 11.0. The maximum atomic E-state index is 13.6. The lowest BCUT2D eigenvalue weighted by atomic mass is 10.2. The molecule has 0 aliphatic carbocycles. The van der Waals surface area contributed by atoms with E-state index in [2.05, 4.69) is 26.5 Å². The first-order valence-electron chi connectivity index (χ1n) is 13.8. The van der Waals surface area contributed by atoms with Crippen LogP contribution in [0.3, 0.4) is 0 Å². The first-order valence-corrected chi connectivity index (χ1v) is 16.0. The van der Waals surface area contributed by atoms with Crippen LogP contribution in [0.5, 0.6) is 17.2 Å². The summed E-state index contributed by atoms with van der Waals surface area (Å²) >= 11 is 3.53. The number of carbonyl (C=O) groups is 1. The molecule has 0 atom stereocenters. The number of hydrogen-bond donors (Lipinski definition) is 1. The molecule has 44 heavy (non-hydrogen) atoms. The maximum Gasteiger partial charge on any atom is 0.264 e. The van der Waals surface area contributed by atoms with Crippen LogP contribution in [-0.4, -0.2) is 40.8 Å². The lowest BCUT2D eigenvalue weighted by Crippen LogP contribution is -2.39. The molecule has 230 valence electrons. The van der Waals surface area contributed by atoms with Crippen LogP contribution in [0.15, 0.2) is 99.4 Å². The molecule has 0 unspecified atom stereocenters. The van der Waals surface area contributed by atoms with Crippen molar-refractivity contribution in [1.29, 1.82) is 0 Å². The molecule has 0 saturated heterocycles. The summed E-state index contributed by atoms with van der Waals surface area (Å²) in [5, 5.41) is 4.06. The van der Waals surface area contributed by atoms with Gasteiger partial charge in [0.2, 0.25) is 0 Å². The molecule has 4 rings (SSSR count). The number of carbonyl (C=O) groups excluding carboxylic acids is 1. The van der Waals surface area contributed by atoms with Crippen molar-refractivity contribution < 1.29 is 27.4 Å². The van der Waals surface area contributed by atoms with Crippen molar-refractivity contribution in [2.75, 3.05) is 24.6 Å². The molecule has 0 aromatic heterocycles. The van der Waals surface area contributed by atoms with Gasteiger partial charge in [0.25, 0.3) is 15.9 Å². The minimum absolute atomic E-state index is 0.0647. The maximum absolute atomic E-state index is 13.6. The van der Waals surface area contributed by atoms with Crippen molar-refractivity contribution in [2.45, 2.75) is 32.3 Å². The Hall–Kier alpha value is -4.35. The van der Waals surface area contributed by atoms with Gasteiger partial charge in [0, 0.05) is 0 Å². The first-order chi connectivity index (χ1) is 21.1. The summed E-state index contributed by atoms with van der Waals surface area (Å²) in [6, 6.07) is 24.5. The number of aryl methyl sites for hydroxylation is 2. The van der Waals surface area contributed by atoms with E-state index in [-0.39, 0.29) is 4.90 Å². The summed E-state index contributed by atoms with van der Waals surface area (Å²) in [5.41, 5.74) is 6.45. The van der Waals surface area contributed by atoms with Crippen molar-refractivity contribution in [3.8, 4) is 17.2 Å². The predicted octanol–water partition coefficient (Wildman–Crippen LogP) is 6.40. The molecule has 0 heterocycles. The Morgan fingerprint density at radius 2 is 1.57 bits per heavy atom. The zero-order valence-electron chi connectivity index (χ0n) is 24.9. The highest BCUT2D eigenvalue weighted by atomic mass is 79.9. The summed E-state index contributed by atoms with van der Waals surface area (Å²) in [5.74, 6) is 0.966. The molecule has 0 spiro atoms. The number of hydrazone groups is 1. The normalized spacial score (nSPS) is 11.3. The van der Waals surface area contributed by atoms with Crippen LogP contribution >= 0.6 is 15.9 Å². The highest BCUT2D eigenvalue weighted by Crippen LogP contribution is 2.37. The molecule has 4 aromatic carbocycles. The number of rotatable bonds is 13. The van der Waals surface area contributed by atoms with Crippen molar-refractivity contribution in [2.24, 2.45) is 5.10 Å². The largest absolute Gasteiger partial charge is 0.494 e. The Balaban J connectivity index is 1.49. The van der Waals surface area contributed by atoms with E-state index in [9.17, 15) is 13.2 Å². The highest BCUT2D eigenvalue weighted by molar-refractivity contribution is 9.10. The highest BCUT2D eigenvalue weighted by Gasteiger charge is 2.27. The van der Waals surface area contributed by atoms with E-state index in [1.165, 1.54) is 31.0 Å². The summed E-state index contributed by atoms with van der Waals surface area (Å²) < 4.78 is 46.0. The molecular formula is C33H34BrN3O6S. The molecule has 1 amide bonds. The zero-order valence-corrected chi connectivity index (χ0v) is 27.3. The Morgan fingerprint density at radius 1 is 0.932 bits per heavy atom. The number of ether oxygens (including phenoxy) is 3. The van der Waals surface area contributed by atoms with Crippen molar-refractivity contribution in [3.05, 3.63) is 112 Å². The lowest BCUT2D eigenvalue weighted by molar-refractivity contribution is -0.119. The van der Waals surface area contributed by atoms with E-state index >= 15 is 0 Å². The van der Waals surface area contributed by atoms with Crippen LogP contribution < -0.4 is 23.9 Å². The predicted molar refractivity (Wildman–Crippen MR) is 175 cm³/mol. The second kappa shape index (κ2) is 14.9. The summed E-state index contributed by atoms with van der Waals surface area (Å²) in [7, 11) is -2.54. The van der Waals surface area contributed by atoms with Gasteiger partial charge >= 0.3 is 0 Å². The number of hydrogen-bond acceptors (Lipinski definition) is 7. The van der Waals surface area contributed by atoms with Crippen molar-refractivity contribution in [1.82, 2.24) is 5.43 Å². The standard InChI is InChI=1S/C33H34BrN3O6S/c1-5-42-28-14-12-27(13-15-28)37(44(39,40)29-16-8-24(3)9-17-29)21-32(38)36-35-20-26-18-30(34)33(31(19-26)41-4)43-22-25-10-6-23(2)7-11-25/h6-20H,5,21-22H2,1-4H3,(H,36,38)/b35-20-. The number of amides is 1. The molecule has 0 saturated carbocycles. The van der Waals surface area contributed by atoms with E-state index in [0.29, 0.717) is 46.2 Å². The van der Waals surface area contributed by atoms with Gasteiger partial charge in [-0.3, -0.25) is 9.10 Å². The first kappa shape index (κ1) is 32.6. The summed E-state index contributed by atoms with van der Waals surface area (Å²) in [4.78, 5) is 13.1. The Bertz CT molecular complexity index is 1710. The Labute approximate surface area is 266 Å². The average molecular weight is 681 g/mol. The second-order valence-electron chi connectivity index (χ2n) is 9.85. The smallest absolute Gasteiger partial charge is 0.264 e. The fraction of sp³-hybridized carbons (Fsp3) is 0.212. The minimum atomic E-state index is -4.07. The second-order valence-corrected chi connectivity index (χ2v) is 12.6. The number of anilines is 1. The third kappa shape index (κ3) is 8.39. The van der Waals surface area contributed by atoms with Gasteiger partial charge in [-0.2, -0.15) is 5.10 Å². The van der Waals surface area contributed by atoms with Gasteiger partial charge in [-0.1, -0.05) is 47.5 Å². The van der Waals surface area contributed by atoms with Crippen LogP contribution in [0.4, 0.5) is 5.69 Å². The summed E-state index contributed by atoms with van der Waals surface area (Å²) in [6.07, 6.45) is 1.44. The molecule has 0 aliphatic rings. The molecule has 0 aliphatic heterocycles. The molecule has 1 N–H and O–H groups in total. The molecule has 9 nitrogen and oxygen atoms in total. The number of benzene rings is 4. The van der Waals surface area contributed by atoms with Gasteiger partial charge in [0.15, 0.2) is 11.5 Å². The fourth-order valence-electron chi connectivity index (χ4n) is 4.17. The van der Waals surface area contributed by atoms with E-state index in [4.69, 9.17) is 14.2 Å². The van der Waals surface area contributed by atoms with Crippen LogP contribution in [0.2, 0.25) is 0 Å². The molecule has 0 radical (unpaired) electrons. The molecular weight excluding hydrogens is 646 g/mol. The van der Waals surface area contributed by atoms with E-state index < -0.39 is 22.5 Å². The van der Waals surface area contributed by atoms with Gasteiger partial charge in [-0.25, -0.2) is 13.8 Å². The average Bonchev–Trinajstić information content (AvgIpc) is 3.01. The van der Waals surface area contributed by atoms with E-state index in [0.717, 1.165) is 15.4 Å². The van der Waals surface area contributed by atoms with Gasteiger partial charge < -0.3 is 14.2 Å². The molecule has 11 heteroatoms. The zero-order chi connectivity index (χ0) is 31.7. The molecule has 4 aromatic rings. The minimum Gasteiger partial charge on any atom is -0.494 e. The third-order valence-corrected chi connectivity index (χ3v) is 8.87. The van der Waals surface area contributed by atoms with Gasteiger partial charge in [0.05, 0.1) is 35.0 Å². The SMILES string of the molecule is CCOc1ccc(N(CC(=O)N/N=C\c2cc(Br)c(OCc3ccc(C)cc3)c(OC)c2)S(=O)(=O)c2ccc(C)cc2)cc1. The summed E-state index contributed by atoms with van der Waals surface area (Å²) in [6.45, 7) is 6.08. The Morgan fingerprint density at radius 3 is 2.18 bits per heavy atom. The number of halogens is 1. The topological polar surface area (TPSA) is 107 Å². The number of nitrogens with one attached hydrogen (secondary N) is 1. The fourth-order valence-corrected chi connectivity index (χ4v) is 6.16. The van der Waals surface area contributed by atoms with Gasteiger partial charge in [-0.15, -0.1) is 0 Å². The number of sulfonamides is 1. The van der Waals surface area contributed by atoms with Crippen molar-refractivity contribution >= 4 is 43.8 Å². The van der Waals surface area contributed by atoms with Crippen molar-refractivity contribution in [3.63, 3.8) is 0 Å². The number of nitrogens with zero attached hydrogens (tertiary/aromatic N) is 2. The molecule has 0 bridgehead atoms. The lowest BCUT2D eigenvalue weighted by Gasteiger charge is -2.24. The van der Waals surface area contributed by atoms with Crippen LogP contribution in [0.25, 0.3) is 0 Å². The van der Waals surface area contributed by atoms with Crippen LogP contribution in [0, 0.1) is 13.8 Å². The van der Waals surface area contributed by atoms with E-state index in [1.54, 1.807) is 48.5 Å².